The molecule has 0 aliphatic carbocycles. The highest BCUT2D eigenvalue weighted by Gasteiger charge is 2.35. The highest BCUT2D eigenvalue weighted by atomic mass is 32.1. The molecule has 0 aromatic carbocycles. The first-order chi connectivity index (χ1) is 13.2. The van der Waals surface area contributed by atoms with Crippen LogP contribution >= 0.6 is 22.7 Å². The summed E-state index contributed by atoms with van der Waals surface area (Å²) in [6.07, 6.45) is 4.45. The lowest BCUT2D eigenvalue weighted by Crippen LogP contribution is -2.24. The number of fused-ring (bicyclic) bond motifs is 1. The van der Waals surface area contributed by atoms with Crippen molar-refractivity contribution in [3.05, 3.63) is 48.2 Å². The topological polar surface area (TPSA) is 80.4 Å². The van der Waals surface area contributed by atoms with Gasteiger partial charge in [0.2, 0.25) is 0 Å². The molecule has 0 bridgehead atoms. The first-order valence-electron chi connectivity index (χ1n) is 8.64. The van der Waals surface area contributed by atoms with Gasteiger partial charge in [0.1, 0.15) is 23.0 Å². The van der Waals surface area contributed by atoms with Gasteiger partial charge in [0, 0.05) is 46.2 Å². The Labute approximate surface area is 163 Å². The molecule has 4 aromatic rings. The number of ether oxygens (including phenoxy) is 1. The van der Waals surface area contributed by atoms with E-state index in [0.29, 0.717) is 6.42 Å². The summed E-state index contributed by atoms with van der Waals surface area (Å²) in [5.74, 6) is 0. The molecule has 0 amide bonds. The van der Waals surface area contributed by atoms with Gasteiger partial charge in [-0.05, 0) is 24.3 Å². The molecular formula is C19H17N3O3S2. The summed E-state index contributed by atoms with van der Waals surface area (Å²) < 4.78 is 7.73. The molecule has 3 atom stereocenters. The van der Waals surface area contributed by atoms with Crippen molar-refractivity contribution in [2.24, 2.45) is 0 Å². The number of aliphatic hydroxyl groups is 2. The summed E-state index contributed by atoms with van der Waals surface area (Å²) in [6, 6.07) is 8.27. The smallest absolute Gasteiger partial charge is 0.142 e. The summed E-state index contributed by atoms with van der Waals surface area (Å²) in [6.45, 7) is -0.190. The van der Waals surface area contributed by atoms with E-state index >= 15 is 0 Å². The number of aromatic nitrogens is 3. The van der Waals surface area contributed by atoms with Gasteiger partial charge in [-0.3, -0.25) is 0 Å². The Morgan fingerprint density at radius 2 is 2.04 bits per heavy atom. The molecule has 5 rings (SSSR count). The van der Waals surface area contributed by atoms with Crippen molar-refractivity contribution in [3.8, 4) is 20.3 Å². The molecule has 0 spiro atoms. The highest BCUT2D eigenvalue weighted by Crippen LogP contribution is 2.39. The second kappa shape index (κ2) is 6.81. The molecule has 27 heavy (non-hydrogen) atoms. The number of hydrogen-bond donors (Lipinski definition) is 2. The summed E-state index contributed by atoms with van der Waals surface area (Å²) in [5, 5.41) is 23.4. The predicted octanol–water partition coefficient (Wildman–Crippen LogP) is 3.53. The molecular weight excluding hydrogens is 382 g/mol. The standard InChI is InChI=1S/C19H17N3O3S2/c23-10-14-13(24)9-17(25-14)22-7-4-12-11(3-5-20-18(12)22)15-1-2-16(27-15)19-21-6-8-26-19/h1-8,13-14,17,23-24H,9-10H2/t13-,14+,17+/m0/s1. The number of aliphatic hydroxyl groups excluding tert-OH is 2. The minimum absolute atomic E-state index is 0.190. The van der Waals surface area contributed by atoms with Crippen LogP contribution in [-0.4, -0.2) is 43.6 Å². The summed E-state index contributed by atoms with van der Waals surface area (Å²) >= 11 is 3.34. The van der Waals surface area contributed by atoms with E-state index in [2.05, 4.69) is 22.1 Å². The second-order valence-electron chi connectivity index (χ2n) is 6.43. The van der Waals surface area contributed by atoms with Crippen LogP contribution in [0.1, 0.15) is 12.6 Å². The van der Waals surface area contributed by atoms with E-state index in [9.17, 15) is 10.2 Å². The van der Waals surface area contributed by atoms with Crippen LogP contribution in [0.2, 0.25) is 0 Å². The van der Waals surface area contributed by atoms with Crippen LogP contribution < -0.4 is 0 Å². The Bertz CT molecular complexity index is 1070. The van der Waals surface area contributed by atoms with Crippen molar-refractivity contribution in [2.75, 3.05) is 6.61 Å². The van der Waals surface area contributed by atoms with Crippen LogP contribution in [-0.2, 0) is 4.74 Å². The van der Waals surface area contributed by atoms with Gasteiger partial charge in [-0.2, -0.15) is 0 Å². The monoisotopic (exact) mass is 399 g/mol. The normalized spacial score (nSPS) is 22.7. The van der Waals surface area contributed by atoms with Crippen LogP contribution in [0, 0.1) is 0 Å². The van der Waals surface area contributed by atoms with Gasteiger partial charge in [0.05, 0.1) is 17.6 Å². The average Bonchev–Trinajstić information content (AvgIpc) is 3.45. The van der Waals surface area contributed by atoms with Gasteiger partial charge in [0.15, 0.2) is 0 Å². The fourth-order valence-electron chi connectivity index (χ4n) is 3.50. The van der Waals surface area contributed by atoms with Gasteiger partial charge >= 0.3 is 0 Å². The fourth-order valence-corrected chi connectivity index (χ4v) is 5.26. The lowest BCUT2D eigenvalue weighted by Gasteiger charge is -2.14. The van der Waals surface area contributed by atoms with Crippen molar-refractivity contribution in [2.45, 2.75) is 24.9 Å². The van der Waals surface area contributed by atoms with Crippen molar-refractivity contribution >= 4 is 33.7 Å². The Hall–Kier alpha value is -2.10. The molecule has 8 heteroatoms. The zero-order chi connectivity index (χ0) is 18.4. The van der Waals surface area contributed by atoms with Crippen molar-refractivity contribution in [1.82, 2.24) is 14.5 Å². The maximum Gasteiger partial charge on any atom is 0.142 e. The van der Waals surface area contributed by atoms with Crippen molar-refractivity contribution < 1.29 is 14.9 Å². The third kappa shape index (κ3) is 2.90. The summed E-state index contributed by atoms with van der Waals surface area (Å²) in [5.41, 5.74) is 1.93. The number of pyridine rings is 1. The fraction of sp³-hybridized carbons (Fsp3) is 0.263. The summed E-state index contributed by atoms with van der Waals surface area (Å²) in [7, 11) is 0. The molecule has 0 radical (unpaired) electrons. The maximum absolute atomic E-state index is 10.0. The molecule has 1 aliphatic rings. The van der Waals surface area contributed by atoms with E-state index in [-0.39, 0.29) is 12.8 Å². The minimum Gasteiger partial charge on any atom is -0.394 e. The number of nitrogens with zero attached hydrogens (tertiary/aromatic N) is 3. The third-order valence-electron chi connectivity index (χ3n) is 4.82. The minimum atomic E-state index is -0.668. The second-order valence-corrected chi connectivity index (χ2v) is 8.41. The zero-order valence-corrected chi connectivity index (χ0v) is 15.9. The highest BCUT2D eigenvalue weighted by molar-refractivity contribution is 7.23. The van der Waals surface area contributed by atoms with Gasteiger partial charge in [-0.25, -0.2) is 9.97 Å². The Kier molecular flexibility index (Phi) is 4.30. The predicted molar refractivity (Wildman–Crippen MR) is 106 cm³/mol. The van der Waals surface area contributed by atoms with Gasteiger partial charge in [0.25, 0.3) is 0 Å². The molecule has 2 N–H and O–H groups in total. The zero-order valence-electron chi connectivity index (χ0n) is 14.2. The third-order valence-corrected chi connectivity index (χ3v) is 6.89. The number of hydrogen-bond acceptors (Lipinski definition) is 7. The van der Waals surface area contributed by atoms with Crippen molar-refractivity contribution in [1.29, 1.82) is 0 Å². The Morgan fingerprint density at radius 1 is 1.15 bits per heavy atom. The maximum atomic E-state index is 10.0. The first-order valence-corrected chi connectivity index (χ1v) is 10.3. The van der Waals surface area contributed by atoms with Gasteiger partial charge < -0.3 is 19.5 Å². The van der Waals surface area contributed by atoms with Crippen LogP contribution in [0.25, 0.3) is 31.4 Å². The average molecular weight is 399 g/mol. The van der Waals surface area contributed by atoms with Crippen molar-refractivity contribution in [3.63, 3.8) is 0 Å². The lowest BCUT2D eigenvalue weighted by atomic mass is 10.1. The molecule has 4 aromatic heterocycles. The number of thiophene rings is 1. The van der Waals surface area contributed by atoms with Gasteiger partial charge in [-0.1, -0.05) is 0 Å². The van der Waals surface area contributed by atoms with E-state index in [1.54, 1.807) is 28.9 Å². The molecule has 0 unspecified atom stereocenters. The molecule has 138 valence electrons. The molecule has 5 heterocycles. The molecule has 1 fully saturated rings. The lowest BCUT2D eigenvalue weighted by molar-refractivity contribution is -0.0430. The summed E-state index contributed by atoms with van der Waals surface area (Å²) in [4.78, 5) is 11.2. The first kappa shape index (κ1) is 17.0. The number of rotatable bonds is 4. The molecule has 1 saturated heterocycles. The van der Waals surface area contributed by atoms with E-state index in [1.807, 2.05) is 34.5 Å². The van der Waals surface area contributed by atoms with E-state index < -0.39 is 12.2 Å². The molecule has 1 aliphatic heterocycles. The van der Waals surface area contributed by atoms with Crippen LogP contribution in [0.15, 0.2) is 48.2 Å². The molecule has 0 saturated carbocycles. The van der Waals surface area contributed by atoms with E-state index in [0.717, 1.165) is 31.4 Å². The van der Waals surface area contributed by atoms with Gasteiger partial charge in [-0.15, -0.1) is 22.7 Å². The van der Waals surface area contributed by atoms with Crippen LogP contribution in [0.5, 0.6) is 0 Å². The SMILES string of the molecule is OC[C@H]1O[C@@H](n2ccc3c(-c4ccc(-c5nccs5)s4)ccnc32)C[C@@H]1O. The molecule has 6 nitrogen and oxygen atoms in total. The largest absolute Gasteiger partial charge is 0.394 e. The van der Waals surface area contributed by atoms with E-state index in [4.69, 9.17) is 4.74 Å². The van der Waals surface area contributed by atoms with E-state index in [1.165, 1.54) is 0 Å². The Morgan fingerprint density at radius 3 is 2.81 bits per heavy atom. The van der Waals surface area contributed by atoms with Crippen LogP contribution in [0.4, 0.5) is 0 Å². The Balaban J connectivity index is 1.53. The quantitative estimate of drug-likeness (QED) is 0.549. The van der Waals surface area contributed by atoms with Crippen LogP contribution in [0.3, 0.4) is 0 Å². The number of thiazole rings is 1.